The van der Waals surface area contributed by atoms with E-state index in [4.69, 9.17) is 0 Å². The van der Waals surface area contributed by atoms with Crippen molar-refractivity contribution in [3.05, 3.63) is 46.4 Å². The molecule has 3 rings (SSSR count). The summed E-state index contributed by atoms with van der Waals surface area (Å²) in [7, 11) is 0. The lowest BCUT2D eigenvalue weighted by Gasteiger charge is -2.37. The number of fused-ring (bicyclic) bond motifs is 1. The van der Waals surface area contributed by atoms with Gasteiger partial charge in [-0.2, -0.15) is 0 Å². The van der Waals surface area contributed by atoms with E-state index in [0.29, 0.717) is 0 Å². The zero-order valence-electron chi connectivity index (χ0n) is 11.2. The average molecular weight is 274 g/mol. The topological polar surface area (TPSA) is 25.2 Å². The molecule has 1 atom stereocenters. The van der Waals surface area contributed by atoms with E-state index < -0.39 is 0 Å². The fourth-order valence-electron chi connectivity index (χ4n) is 2.70. The van der Waals surface area contributed by atoms with Crippen molar-refractivity contribution in [1.82, 2.24) is 9.47 Å². The van der Waals surface area contributed by atoms with Crippen LogP contribution in [-0.2, 0) is 11.3 Å². The van der Waals surface area contributed by atoms with Crippen molar-refractivity contribution in [1.29, 1.82) is 0 Å². The molecular weight excluding hydrogens is 256 g/mol. The molecule has 2 aromatic heterocycles. The molecule has 0 unspecified atom stereocenters. The second-order valence-corrected chi connectivity index (χ2v) is 6.21. The summed E-state index contributed by atoms with van der Waals surface area (Å²) in [4.78, 5) is 15.7. The van der Waals surface area contributed by atoms with Crippen molar-refractivity contribution in [2.45, 2.75) is 26.4 Å². The summed E-state index contributed by atoms with van der Waals surface area (Å²) in [5.74, 6) is 0.287. The normalized spacial score (nSPS) is 18.7. The van der Waals surface area contributed by atoms with Crippen LogP contribution in [0.15, 0.2) is 35.8 Å². The van der Waals surface area contributed by atoms with E-state index in [0.717, 1.165) is 13.1 Å². The average Bonchev–Trinajstić information content (AvgIpc) is 3.07. The third kappa shape index (κ3) is 2.10. The van der Waals surface area contributed by atoms with Crippen molar-refractivity contribution < 1.29 is 4.79 Å². The van der Waals surface area contributed by atoms with Crippen LogP contribution in [0.3, 0.4) is 0 Å². The monoisotopic (exact) mass is 274 g/mol. The van der Waals surface area contributed by atoms with Crippen LogP contribution in [0.2, 0.25) is 0 Å². The summed E-state index contributed by atoms with van der Waals surface area (Å²) in [6.07, 6.45) is 2.10. The Labute approximate surface area is 117 Å². The van der Waals surface area contributed by atoms with Gasteiger partial charge in [0.2, 0.25) is 5.91 Å². The standard InChI is InChI=1S/C15H18N2OS/c1-11(2)15(18)17-9-8-16-7-3-5-12(16)14(17)13-6-4-10-19-13/h3-7,10-11,14H,8-9H2,1-2H3/t14-/m1/s1. The molecule has 0 fully saturated rings. The fraction of sp³-hybridized carbons (Fsp3) is 0.400. The third-order valence-corrected chi connectivity index (χ3v) is 4.55. The minimum atomic E-state index is 0.0453. The lowest BCUT2D eigenvalue weighted by Crippen LogP contribution is -2.43. The molecule has 100 valence electrons. The Morgan fingerprint density at radius 3 is 2.84 bits per heavy atom. The molecule has 4 heteroatoms. The molecule has 0 spiro atoms. The molecule has 0 saturated heterocycles. The van der Waals surface area contributed by atoms with E-state index >= 15 is 0 Å². The molecule has 3 nitrogen and oxygen atoms in total. The largest absolute Gasteiger partial charge is 0.347 e. The number of amides is 1. The van der Waals surface area contributed by atoms with Gasteiger partial charge in [-0.1, -0.05) is 19.9 Å². The Balaban J connectivity index is 2.04. The summed E-state index contributed by atoms with van der Waals surface area (Å²) >= 11 is 1.72. The van der Waals surface area contributed by atoms with Crippen LogP contribution in [0.1, 0.15) is 30.5 Å². The van der Waals surface area contributed by atoms with Gasteiger partial charge in [-0.15, -0.1) is 11.3 Å². The zero-order valence-corrected chi connectivity index (χ0v) is 12.1. The smallest absolute Gasteiger partial charge is 0.226 e. The third-order valence-electron chi connectivity index (χ3n) is 3.63. The summed E-state index contributed by atoms with van der Waals surface area (Å²) < 4.78 is 2.26. The van der Waals surface area contributed by atoms with E-state index in [1.54, 1.807) is 11.3 Å². The zero-order chi connectivity index (χ0) is 13.4. The van der Waals surface area contributed by atoms with Crippen LogP contribution in [0.5, 0.6) is 0 Å². The maximum atomic E-state index is 12.5. The van der Waals surface area contributed by atoms with Gasteiger partial charge >= 0.3 is 0 Å². The van der Waals surface area contributed by atoms with Gasteiger partial charge in [-0.25, -0.2) is 0 Å². The highest BCUT2D eigenvalue weighted by atomic mass is 32.1. The Morgan fingerprint density at radius 1 is 1.32 bits per heavy atom. The quantitative estimate of drug-likeness (QED) is 0.826. The van der Waals surface area contributed by atoms with Crippen LogP contribution in [0.25, 0.3) is 0 Å². The second kappa shape index (κ2) is 4.85. The summed E-state index contributed by atoms with van der Waals surface area (Å²) in [5, 5.41) is 2.08. The molecule has 1 amide bonds. The van der Waals surface area contributed by atoms with E-state index in [-0.39, 0.29) is 17.9 Å². The Morgan fingerprint density at radius 2 is 2.16 bits per heavy atom. The maximum Gasteiger partial charge on any atom is 0.226 e. The second-order valence-electron chi connectivity index (χ2n) is 5.23. The van der Waals surface area contributed by atoms with E-state index in [1.165, 1.54) is 10.6 Å². The molecule has 0 radical (unpaired) electrons. The molecule has 0 aromatic carbocycles. The number of carbonyl (C=O) groups excluding carboxylic acids is 1. The molecule has 0 saturated carbocycles. The minimum absolute atomic E-state index is 0.0453. The van der Waals surface area contributed by atoms with Gasteiger partial charge in [0.1, 0.15) is 6.04 Å². The summed E-state index contributed by atoms with van der Waals surface area (Å²) in [5.41, 5.74) is 1.22. The number of rotatable bonds is 2. The van der Waals surface area contributed by atoms with Gasteiger partial charge in [0.05, 0.1) is 0 Å². The number of hydrogen-bond donors (Lipinski definition) is 0. The molecule has 1 aliphatic rings. The SMILES string of the molecule is CC(C)C(=O)N1CCn2cccc2[C@@H]1c1cccs1. The molecular formula is C15H18N2OS. The number of aromatic nitrogens is 1. The van der Waals surface area contributed by atoms with Crippen LogP contribution < -0.4 is 0 Å². The molecule has 0 bridgehead atoms. The van der Waals surface area contributed by atoms with Gasteiger partial charge in [0.25, 0.3) is 0 Å². The molecule has 2 aromatic rings. The first-order valence-electron chi connectivity index (χ1n) is 6.67. The number of nitrogens with zero attached hydrogens (tertiary/aromatic N) is 2. The van der Waals surface area contributed by atoms with E-state index in [2.05, 4.69) is 40.4 Å². The highest BCUT2D eigenvalue weighted by Crippen LogP contribution is 2.35. The van der Waals surface area contributed by atoms with Gasteiger partial charge < -0.3 is 9.47 Å². The minimum Gasteiger partial charge on any atom is -0.347 e. The molecule has 0 aliphatic carbocycles. The number of hydrogen-bond acceptors (Lipinski definition) is 2. The highest BCUT2D eigenvalue weighted by Gasteiger charge is 2.33. The Bertz CT molecular complexity index is 571. The molecule has 1 aliphatic heterocycles. The summed E-state index contributed by atoms with van der Waals surface area (Å²) in [6.45, 7) is 5.63. The van der Waals surface area contributed by atoms with Crippen molar-refractivity contribution >= 4 is 17.2 Å². The van der Waals surface area contributed by atoms with Gasteiger partial charge in [-0.05, 0) is 23.6 Å². The predicted octanol–water partition coefficient (Wildman–Crippen LogP) is 3.14. The van der Waals surface area contributed by atoms with Crippen LogP contribution in [0, 0.1) is 5.92 Å². The Kier molecular flexibility index (Phi) is 3.19. The van der Waals surface area contributed by atoms with Crippen LogP contribution in [-0.4, -0.2) is 21.9 Å². The predicted molar refractivity (Wildman–Crippen MR) is 77.1 cm³/mol. The molecule has 19 heavy (non-hydrogen) atoms. The number of thiophene rings is 1. The maximum absolute atomic E-state index is 12.5. The molecule has 0 N–H and O–H groups in total. The molecule has 3 heterocycles. The van der Waals surface area contributed by atoms with Crippen LogP contribution >= 0.6 is 11.3 Å². The van der Waals surface area contributed by atoms with Gasteiger partial charge in [0.15, 0.2) is 0 Å². The van der Waals surface area contributed by atoms with Crippen LogP contribution in [0.4, 0.5) is 0 Å². The van der Waals surface area contributed by atoms with Crippen molar-refractivity contribution in [2.75, 3.05) is 6.54 Å². The van der Waals surface area contributed by atoms with Gasteiger partial charge in [-0.3, -0.25) is 4.79 Å². The van der Waals surface area contributed by atoms with Crippen molar-refractivity contribution in [3.8, 4) is 0 Å². The summed E-state index contributed by atoms with van der Waals surface area (Å²) in [6, 6.07) is 8.46. The first-order chi connectivity index (χ1) is 9.18. The lowest BCUT2D eigenvalue weighted by molar-refractivity contribution is -0.137. The first kappa shape index (κ1) is 12.5. The van der Waals surface area contributed by atoms with Crippen molar-refractivity contribution in [3.63, 3.8) is 0 Å². The highest BCUT2D eigenvalue weighted by molar-refractivity contribution is 7.10. The lowest BCUT2D eigenvalue weighted by atomic mass is 10.0. The van der Waals surface area contributed by atoms with E-state index in [1.807, 2.05) is 18.7 Å². The fourth-order valence-corrected chi connectivity index (χ4v) is 3.55. The number of carbonyl (C=O) groups is 1. The first-order valence-corrected chi connectivity index (χ1v) is 7.55. The van der Waals surface area contributed by atoms with Crippen molar-refractivity contribution in [2.24, 2.45) is 5.92 Å². The Hall–Kier alpha value is -1.55. The van der Waals surface area contributed by atoms with E-state index in [9.17, 15) is 4.79 Å². The van der Waals surface area contributed by atoms with Gasteiger partial charge in [0, 0.05) is 35.8 Å².